The van der Waals surface area contributed by atoms with Crippen LogP contribution < -0.4 is 4.74 Å². The average Bonchev–Trinajstić information content (AvgIpc) is 2.28. The normalized spacial score (nSPS) is 14.5. The monoisotopic (exact) mass is 240 g/mol. The lowest BCUT2D eigenvalue weighted by Gasteiger charge is -2.14. The first-order chi connectivity index (χ1) is 7.65. The van der Waals surface area contributed by atoms with Gasteiger partial charge in [-0.05, 0) is 36.5 Å². The molecule has 0 spiro atoms. The van der Waals surface area contributed by atoms with E-state index in [1.807, 2.05) is 12.1 Å². The first-order valence-electron chi connectivity index (χ1n) is 5.92. The smallest absolute Gasteiger partial charge is 0.119 e. The third-order valence-electron chi connectivity index (χ3n) is 2.95. The van der Waals surface area contributed by atoms with E-state index < -0.39 is 0 Å². The number of halogens is 1. The second-order valence-corrected chi connectivity index (χ2v) is 5.02. The minimum absolute atomic E-state index is 0.224. The molecule has 0 aromatic heterocycles. The molecule has 2 heteroatoms. The fourth-order valence-electron chi connectivity index (χ4n) is 1.74. The van der Waals surface area contributed by atoms with Gasteiger partial charge >= 0.3 is 0 Å². The Bertz CT molecular complexity index is 311. The molecule has 2 atom stereocenters. The van der Waals surface area contributed by atoms with E-state index in [1.165, 1.54) is 12.0 Å². The van der Waals surface area contributed by atoms with Crippen LogP contribution in [0.2, 0.25) is 0 Å². The molecule has 1 aromatic rings. The molecular weight excluding hydrogens is 220 g/mol. The molecule has 0 saturated heterocycles. The summed E-state index contributed by atoms with van der Waals surface area (Å²) in [4.78, 5) is 0. The van der Waals surface area contributed by atoms with Crippen molar-refractivity contribution >= 4 is 11.6 Å². The highest BCUT2D eigenvalue weighted by Gasteiger charge is 2.10. The Kier molecular flexibility index (Phi) is 5.68. The highest BCUT2D eigenvalue weighted by atomic mass is 35.5. The van der Waals surface area contributed by atoms with Crippen molar-refractivity contribution in [2.24, 2.45) is 5.92 Å². The van der Waals surface area contributed by atoms with Crippen LogP contribution in [0.3, 0.4) is 0 Å². The van der Waals surface area contributed by atoms with Gasteiger partial charge in [0, 0.05) is 5.38 Å². The molecule has 0 aliphatic carbocycles. The quantitative estimate of drug-likeness (QED) is 0.675. The molecular formula is C14H21ClO. The molecule has 2 unspecified atom stereocenters. The van der Waals surface area contributed by atoms with Gasteiger partial charge in [-0.25, -0.2) is 0 Å². The third kappa shape index (κ3) is 4.44. The Labute approximate surface area is 104 Å². The number of hydrogen-bond acceptors (Lipinski definition) is 1. The molecule has 90 valence electrons. The predicted molar refractivity (Wildman–Crippen MR) is 70.4 cm³/mol. The van der Waals surface area contributed by atoms with Gasteiger partial charge in [-0.15, -0.1) is 11.6 Å². The van der Waals surface area contributed by atoms with E-state index in [2.05, 4.69) is 26.0 Å². The topological polar surface area (TPSA) is 9.23 Å². The highest BCUT2D eigenvalue weighted by Crippen LogP contribution is 2.20. The van der Waals surface area contributed by atoms with Gasteiger partial charge in [-0.1, -0.05) is 32.4 Å². The zero-order chi connectivity index (χ0) is 12.0. The number of ether oxygens (including phenoxy) is 1. The maximum Gasteiger partial charge on any atom is 0.119 e. The van der Waals surface area contributed by atoms with Crippen molar-refractivity contribution in [2.75, 3.05) is 7.11 Å². The molecule has 0 radical (unpaired) electrons. The minimum atomic E-state index is 0.224. The molecule has 16 heavy (non-hydrogen) atoms. The number of benzene rings is 1. The molecule has 1 nitrogen and oxygen atoms in total. The number of alkyl halides is 1. The zero-order valence-electron chi connectivity index (χ0n) is 10.4. The first-order valence-corrected chi connectivity index (χ1v) is 6.36. The largest absolute Gasteiger partial charge is 0.497 e. The summed E-state index contributed by atoms with van der Waals surface area (Å²) in [6.45, 7) is 4.46. The van der Waals surface area contributed by atoms with Crippen LogP contribution >= 0.6 is 11.6 Å². The fraction of sp³-hybridized carbons (Fsp3) is 0.571. The van der Waals surface area contributed by atoms with E-state index >= 15 is 0 Å². The number of hydrogen-bond donors (Lipinski definition) is 0. The Morgan fingerprint density at radius 1 is 1.38 bits per heavy atom. The minimum Gasteiger partial charge on any atom is -0.497 e. The van der Waals surface area contributed by atoms with Gasteiger partial charge in [-0.3, -0.25) is 0 Å². The van der Waals surface area contributed by atoms with Crippen LogP contribution in [0, 0.1) is 5.92 Å². The zero-order valence-corrected chi connectivity index (χ0v) is 11.1. The molecule has 0 aliphatic heterocycles. The molecule has 0 heterocycles. The summed E-state index contributed by atoms with van der Waals surface area (Å²) in [5.41, 5.74) is 1.25. The first kappa shape index (κ1) is 13.4. The Hall–Kier alpha value is -0.690. The van der Waals surface area contributed by atoms with E-state index in [4.69, 9.17) is 16.3 Å². The van der Waals surface area contributed by atoms with Crippen LogP contribution in [0.1, 0.15) is 32.3 Å². The molecule has 0 N–H and O–H groups in total. The van der Waals surface area contributed by atoms with Gasteiger partial charge in [0.25, 0.3) is 0 Å². The lowest BCUT2D eigenvalue weighted by molar-refractivity contribution is 0.414. The summed E-state index contributed by atoms with van der Waals surface area (Å²) in [7, 11) is 1.69. The van der Waals surface area contributed by atoms with Crippen LogP contribution in [0.4, 0.5) is 0 Å². The molecule has 1 rings (SSSR count). The van der Waals surface area contributed by atoms with Crippen LogP contribution in [-0.4, -0.2) is 12.5 Å². The van der Waals surface area contributed by atoms with Crippen molar-refractivity contribution in [3.63, 3.8) is 0 Å². The van der Waals surface area contributed by atoms with E-state index in [0.717, 1.165) is 18.6 Å². The van der Waals surface area contributed by atoms with E-state index in [1.54, 1.807) is 7.11 Å². The fourth-order valence-corrected chi connectivity index (χ4v) is 2.22. The van der Waals surface area contributed by atoms with Crippen LogP contribution in [0.25, 0.3) is 0 Å². The SMILES string of the molecule is CCC(C)CC(Cl)Cc1cccc(OC)c1. The second-order valence-electron chi connectivity index (χ2n) is 4.40. The van der Waals surface area contributed by atoms with Gasteiger partial charge in [0.2, 0.25) is 0 Å². The van der Waals surface area contributed by atoms with Crippen LogP contribution in [0.15, 0.2) is 24.3 Å². The van der Waals surface area contributed by atoms with E-state index in [9.17, 15) is 0 Å². The molecule has 0 saturated carbocycles. The summed E-state index contributed by atoms with van der Waals surface area (Å²) in [6.07, 6.45) is 3.19. The van der Waals surface area contributed by atoms with Gasteiger partial charge in [0.15, 0.2) is 0 Å². The van der Waals surface area contributed by atoms with Crippen molar-refractivity contribution in [1.29, 1.82) is 0 Å². The summed E-state index contributed by atoms with van der Waals surface area (Å²) >= 11 is 6.34. The summed E-state index contributed by atoms with van der Waals surface area (Å²) < 4.78 is 5.20. The Morgan fingerprint density at radius 2 is 2.12 bits per heavy atom. The predicted octanol–water partition coefficient (Wildman–Crippen LogP) is 4.28. The summed E-state index contributed by atoms with van der Waals surface area (Å²) in [5, 5.41) is 0.224. The number of methoxy groups -OCH3 is 1. The van der Waals surface area contributed by atoms with Crippen molar-refractivity contribution < 1.29 is 4.74 Å². The third-order valence-corrected chi connectivity index (χ3v) is 3.28. The summed E-state index contributed by atoms with van der Waals surface area (Å²) in [5.74, 6) is 1.61. The van der Waals surface area contributed by atoms with E-state index in [0.29, 0.717) is 5.92 Å². The lowest BCUT2D eigenvalue weighted by Crippen LogP contribution is -2.08. The maximum atomic E-state index is 6.34. The molecule has 1 aromatic carbocycles. The molecule has 0 aliphatic rings. The van der Waals surface area contributed by atoms with Crippen molar-refractivity contribution in [3.8, 4) is 5.75 Å². The van der Waals surface area contributed by atoms with Gasteiger partial charge < -0.3 is 4.74 Å². The van der Waals surface area contributed by atoms with Crippen LogP contribution in [0.5, 0.6) is 5.75 Å². The van der Waals surface area contributed by atoms with Crippen molar-refractivity contribution in [1.82, 2.24) is 0 Å². The average molecular weight is 241 g/mol. The van der Waals surface area contributed by atoms with Crippen molar-refractivity contribution in [3.05, 3.63) is 29.8 Å². The lowest BCUT2D eigenvalue weighted by atomic mass is 9.98. The van der Waals surface area contributed by atoms with Crippen LogP contribution in [-0.2, 0) is 6.42 Å². The van der Waals surface area contributed by atoms with Crippen molar-refractivity contribution in [2.45, 2.75) is 38.5 Å². The standard InChI is InChI=1S/C14H21ClO/c1-4-11(2)8-13(15)9-12-6-5-7-14(10-12)16-3/h5-7,10-11,13H,4,8-9H2,1-3H3. The highest BCUT2D eigenvalue weighted by molar-refractivity contribution is 6.20. The second kappa shape index (κ2) is 6.80. The maximum absolute atomic E-state index is 6.34. The van der Waals surface area contributed by atoms with Gasteiger partial charge in [-0.2, -0.15) is 0 Å². The van der Waals surface area contributed by atoms with E-state index in [-0.39, 0.29) is 5.38 Å². The molecule has 0 amide bonds. The molecule has 0 fully saturated rings. The Morgan fingerprint density at radius 3 is 2.75 bits per heavy atom. The number of rotatable bonds is 6. The Balaban J connectivity index is 2.51. The molecule has 0 bridgehead atoms. The summed E-state index contributed by atoms with van der Waals surface area (Å²) in [6, 6.07) is 8.14. The van der Waals surface area contributed by atoms with Gasteiger partial charge in [0.05, 0.1) is 7.11 Å². The van der Waals surface area contributed by atoms with Gasteiger partial charge in [0.1, 0.15) is 5.75 Å².